The van der Waals surface area contributed by atoms with Crippen LogP contribution in [0.1, 0.15) is 0 Å². The van der Waals surface area contributed by atoms with Gasteiger partial charge in [-0.3, -0.25) is 0 Å². The monoisotopic (exact) mass is 301 g/mol. The van der Waals surface area contributed by atoms with E-state index in [0.717, 1.165) is 26.1 Å². The molecule has 100 valence electrons. The lowest BCUT2D eigenvalue weighted by Crippen LogP contribution is -1.81. The Hall–Kier alpha value is -2.18. The normalized spacial score (nSPS) is 10.4. The molecule has 4 rings (SSSR count). The fraction of sp³-hybridized carbons (Fsp3) is 0. The van der Waals surface area contributed by atoms with Gasteiger partial charge in [0.15, 0.2) is 0 Å². The van der Waals surface area contributed by atoms with Crippen LogP contribution in [0.3, 0.4) is 0 Å². The van der Waals surface area contributed by atoms with Gasteiger partial charge in [0, 0.05) is 5.69 Å². The highest BCUT2D eigenvalue weighted by atomic mass is 32.1. The molecule has 6 heteroatoms. The van der Waals surface area contributed by atoms with Gasteiger partial charge in [-0.25, -0.2) is 9.97 Å². The number of phenols is 1. The molecule has 20 heavy (non-hydrogen) atoms. The number of hydrogen-bond acceptors (Lipinski definition) is 6. The van der Waals surface area contributed by atoms with Crippen LogP contribution < -0.4 is 5.73 Å². The molecule has 0 spiro atoms. The Kier molecular flexibility index (Phi) is 3.49. The summed E-state index contributed by atoms with van der Waals surface area (Å²) in [7, 11) is 0. The number of benzene rings is 2. The van der Waals surface area contributed by atoms with Gasteiger partial charge >= 0.3 is 0 Å². The smallest absolute Gasteiger partial charge is 0.117 e. The molecule has 0 bridgehead atoms. The molecule has 0 saturated heterocycles. The Bertz CT molecular complexity index is 782. The molecular formula is C14H11N3OS2. The number of phenolic OH excluding ortho intramolecular Hbond substituents is 1. The van der Waals surface area contributed by atoms with E-state index in [1.165, 1.54) is 11.3 Å². The van der Waals surface area contributed by atoms with Gasteiger partial charge in [-0.2, -0.15) is 0 Å². The number of rotatable bonds is 0. The fourth-order valence-electron chi connectivity index (χ4n) is 1.72. The number of aromatic nitrogens is 2. The summed E-state index contributed by atoms with van der Waals surface area (Å²) in [5.41, 5.74) is 11.9. The molecule has 2 heterocycles. The van der Waals surface area contributed by atoms with E-state index in [2.05, 4.69) is 9.97 Å². The molecule has 3 N–H and O–H groups in total. The van der Waals surface area contributed by atoms with E-state index in [9.17, 15) is 0 Å². The second-order valence-corrected chi connectivity index (χ2v) is 5.86. The van der Waals surface area contributed by atoms with Crippen LogP contribution in [0, 0.1) is 0 Å². The van der Waals surface area contributed by atoms with Crippen molar-refractivity contribution in [1.29, 1.82) is 0 Å². The minimum absolute atomic E-state index is 0.303. The average molecular weight is 301 g/mol. The van der Waals surface area contributed by atoms with Crippen LogP contribution >= 0.6 is 22.7 Å². The van der Waals surface area contributed by atoms with Gasteiger partial charge in [0.25, 0.3) is 0 Å². The van der Waals surface area contributed by atoms with E-state index < -0.39 is 0 Å². The third-order valence-electron chi connectivity index (χ3n) is 2.67. The Morgan fingerprint density at radius 1 is 0.850 bits per heavy atom. The molecule has 2 aromatic heterocycles. The Balaban J connectivity index is 0.000000121. The molecule has 2 aromatic carbocycles. The van der Waals surface area contributed by atoms with Crippen molar-refractivity contribution in [3.8, 4) is 5.75 Å². The third-order valence-corrected chi connectivity index (χ3v) is 4.25. The first-order valence-corrected chi connectivity index (χ1v) is 7.59. The number of nitrogens with two attached hydrogens (primary N) is 1. The highest BCUT2D eigenvalue weighted by molar-refractivity contribution is 7.17. The first-order valence-electron chi connectivity index (χ1n) is 5.83. The second kappa shape index (κ2) is 5.44. The summed E-state index contributed by atoms with van der Waals surface area (Å²) < 4.78 is 2.18. The molecule has 0 radical (unpaired) electrons. The first-order chi connectivity index (χ1) is 9.72. The van der Waals surface area contributed by atoms with Crippen molar-refractivity contribution >= 4 is 48.8 Å². The summed E-state index contributed by atoms with van der Waals surface area (Å²) in [6.45, 7) is 0. The van der Waals surface area contributed by atoms with Crippen molar-refractivity contribution in [2.45, 2.75) is 0 Å². The topological polar surface area (TPSA) is 72.0 Å². The van der Waals surface area contributed by atoms with Crippen LogP contribution in [0.25, 0.3) is 20.4 Å². The number of anilines is 1. The minimum atomic E-state index is 0.303. The van der Waals surface area contributed by atoms with Crippen LogP contribution in [0.15, 0.2) is 47.4 Å². The van der Waals surface area contributed by atoms with Crippen LogP contribution in [-0.4, -0.2) is 15.1 Å². The van der Waals surface area contributed by atoms with Crippen molar-refractivity contribution in [3.05, 3.63) is 47.4 Å². The van der Waals surface area contributed by atoms with Crippen LogP contribution in [0.5, 0.6) is 5.75 Å². The molecular weight excluding hydrogens is 290 g/mol. The summed E-state index contributed by atoms with van der Waals surface area (Å²) in [4.78, 5) is 8.19. The van der Waals surface area contributed by atoms with Gasteiger partial charge in [-0.1, -0.05) is 0 Å². The number of nitrogens with zero attached hydrogens (tertiary/aromatic N) is 2. The van der Waals surface area contributed by atoms with Crippen molar-refractivity contribution in [2.75, 3.05) is 5.73 Å². The molecule has 0 aliphatic heterocycles. The Morgan fingerprint density at radius 2 is 1.45 bits per heavy atom. The van der Waals surface area contributed by atoms with E-state index in [1.807, 2.05) is 23.7 Å². The number of thiazole rings is 2. The Morgan fingerprint density at radius 3 is 2.15 bits per heavy atom. The molecule has 0 atom stereocenters. The third kappa shape index (κ3) is 2.71. The maximum Gasteiger partial charge on any atom is 0.117 e. The number of hydrogen-bond donors (Lipinski definition) is 2. The van der Waals surface area contributed by atoms with E-state index in [-0.39, 0.29) is 0 Å². The van der Waals surface area contributed by atoms with Crippen LogP contribution in [0.2, 0.25) is 0 Å². The van der Waals surface area contributed by atoms with Gasteiger partial charge in [-0.15, -0.1) is 22.7 Å². The zero-order valence-corrected chi connectivity index (χ0v) is 12.0. The van der Waals surface area contributed by atoms with Crippen LogP contribution in [0.4, 0.5) is 5.69 Å². The lowest BCUT2D eigenvalue weighted by molar-refractivity contribution is 0.476. The SMILES string of the molecule is Nc1ccc2ncsc2c1.Oc1ccc2ncsc2c1. The number of aromatic hydroxyl groups is 1. The molecule has 4 nitrogen and oxygen atoms in total. The summed E-state index contributed by atoms with van der Waals surface area (Å²) in [5, 5.41) is 9.03. The van der Waals surface area contributed by atoms with Crippen molar-refractivity contribution < 1.29 is 5.11 Å². The number of nitrogen functional groups attached to an aromatic ring is 1. The van der Waals surface area contributed by atoms with Gasteiger partial charge < -0.3 is 10.8 Å². The molecule has 0 unspecified atom stereocenters. The largest absolute Gasteiger partial charge is 0.508 e. The van der Waals surface area contributed by atoms with Crippen molar-refractivity contribution in [1.82, 2.24) is 9.97 Å². The predicted octanol–water partition coefficient (Wildman–Crippen LogP) is 3.88. The minimum Gasteiger partial charge on any atom is -0.508 e. The summed E-state index contributed by atoms with van der Waals surface area (Å²) in [6, 6.07) is 10.9. The highest BCUT2D eigenvalue weighted by Crippen LogP contribution is 2.21. The zero-order valence-electron chi connectivity index (χ0n) is 10.4. The Labute approximate surface area is 123 Å². The van der Waals surface area contributed by atoms with E-state index in [0.29, 0.717) is 5.75 Å². The van der Waals surface area contributed by atoms with Crippen molar-refractivity contribution in [2.24, 2.45) is 0 Å². The maximum atomic E-state index is 9.03. The second-order valence-electron chi connectivity index (χ2n) is 4.08. The summed E-state index contributed by atoms with van der Waals surface area (Å²) in [5.74, 6) is 0.303. The van der Waals surface area contributed by atoms with Gasteiger partial charge in [0.2, 0.25) is 0 Å². The van der Waals surface area contributed by atoms with E-state index in [1.54, 1.807) is 35.0 Å². The standard InChI is InChI=1S/C7H6N2S.C7H5NOS/c8-5-1-2-6-7(3-5)10-4-9-6;9-5-1-2-6-7(3-5)10-4-8-6/h1-4H,8H2;1-4,9H. The molecule has 4 aromatic rings. The lowest BCUT2D eigenvalue weighted by atomic mass is 10.3. The molecule has 0 aliphatic carbocycles. The average Bonchev–Trinajstić information content (AvgIpc) is 3.06. The van der Waals surface area contributed by atoms with Crippen molar-refractivity contribution in [3.63, 3.8) is 0 Å². The first kappa shape index (κ1) is 12.8. The summed E-state index contributed by atoms with van der Waals surface area (Å²) in [6.07, 6.45) is 0. The lowest BCUT2D eigenvalue weighted by Gasteiger charge is -1.89. The summed E-state index contributed by atoms with van der Waals surface area (Å²) >= 11 is 3.14. The molecule has 0 amide bonds. The van der Waals surface area contributed by atoms with E-state index in [4.69, 9.17) is 10.8 Å². The highest BCUT2D eigenvalue weighted by Gasteiger charge is 1.95. The maximum absolute atomic E-state index is 9.03. The van der Waals surface area contributed by atoms with E-state index >= 15 is 0 Å². The van der Waals surface area contributed by atoms with Gasteiger partial charge in [0.1, 0.15) is 5.75 Å². The fourth-order valence-corrected chi connectivity index (χ4v) is 3.15. The van der Waals surface area contributed by atoms with Gasteiger partial charge in [0.05, 0.1) is 31.5 Å². The quantitative estimate of drug-likeness (QED) is 0.483. The molecule has 0 aliphatic rings. The molecule has 0 saturated carbocycles. The molecule has 0 fully saturated rings. The number of fused-ring (bicyclic) bond motifs is 2. The van der Waals surface area contributed by atoms with Crippen LogP contribution in [-0.2, 0) is 0 Å². The predicted molar refractivity (Wildman–Crippen MR) is 85.3 cm³/mol. The van der Waals surface area contributed by atoms with Gasteiger partial charge in [-0.05, 0) is 36.4 Å². The zero-order chi connectivity index (χ0) is 13.9.